The van der Waals surface area contributed by atoms with Crippen molar-refractivity contribution in [3.63, 3.8) is 0 Å². The lowest BCUT2D eigenvalue weighted by molar-refractivity contribution is -0.144. The first-order chi connectivity index (χ1) is 22.2. The van der Waals surface area contributed by atoms with Gasteiger partial charge < -0.3 is 0 Å². The summed E-state index contributed by atoms with van der Waals surface area (Å²) >= 11 is 12.5. The Morgan fingerprint density at radius 2 is 1.65 bits per heavy atom. The van der Waals surface area contributed by atoms with Crippen molar-refractivity contribution in [3.8, 4) is 5.82 Å². The minimum atomic E-state index is -5.45. The molecule has 0 saturated heterocycles. The Balaban J connectivity index is 1.73. The van der Waals surface area contributed by atoms with Crippen molar-refractivity contribution in [1.82, 2.24) is 19.5 Å². The zero-order chi connectivity index (χ0) is 35.8. The maximum absolute atomic E-state index is 13.8. The van der Waals surface area contributed by atoms with E-state index in [1.54, 1.807) is 13.0 Å². The zero-order valence-electron chi connectivity index (χ0n) is 25.3. The highest BCUT2D eigenvalue weighted by Crippen LogP contribution is 2.39. The molecule has 0 aliphatic carbocycles. The number of sulfonamides is 1. The Labute approximate surface area is 281 Å². The van der Waals surface area contributed by atoms with Crippen LogP contribution in [0.15, 0.2) is 59.6 Å². The lowest BCUT2D eigenvalue weighted by atomic mass is 9.91. The van der Waals surface area contributed by atoms with Gasteiger partial charge >= 0.3 is 12.4 Å². The van der Waals surface area contributed by atoms with Gasteiger partial charge in [0.05, 0.1) is 33.3 Å². The maximum atomic E-state index is 13.8. The molecule has 0 bridgehead atoms. The zero-order valence-corrected chi connectivity index (χ0v) is 27.6. The lowest BCUT2D eigenvalue weighted by Crippen LogP contribution is -2.26. The second kappa shape index (κ2) is 14.0. The van der Waals surface area contributed by atoms with Crippen LogP contribution in [-0.2, 0) is 35.3 Å². The highest BCUT2D eigenvalue weighted by molar-refractivity contribution is 7.89. The van der Waals surface area contributed by atoms with Gasteiger partial charge in [0.25, 0.3) is 0 Å². The third-order valence-electron chi connectivity index (χ3n) is 7.00. The molecule has 2 aromatic carbocycles. The van der Waals surface area contributed by atoms with Gasteiger partial charge in [-0.15, -0.1) is 0 Å². The summed E-state index contributed by atoms with van der Waals surface area (Å²) < 4.78 is 109. The molecule has 0 amide bonds. The second-order valence-corrected chi connectivity index (χ2v) is 13.7. The number of benzene rings is 2. The number of carbonyl (C=O) groups is 2. The van der Waals surface area contributed by atoms with E-state index in [9.17, 15) is 44.3 Å². The number of carbonyl (C=O) groups excluding carboxylic acids is 2. The van der Waals surface area contributed by atoms with Crippen LogP contribution in [0.2, 0.25) is 10.0 Å². The number of pyridine rings is 1. The van der Waals surface area contributed by atoms with Crippen molar-refractivity contribution in [3.05, 3.63) is 104 Å². The molecule has 0 radical (unpaired) electrons. The van der Waals surface area contributed by atoms with E-state index in [1.807, 2.05) is 18.6 Å². The summed E-state index contributed by atoms with van der Waals surface area (Å²) in [6, 6.07) is 7.29. The molecular weight excluding hydrogens is 709 g/mol. The summed E-state index contributed by atoms with van der Waals surface area (Å²) in [6.45, 7) is 4.60. The third-order valence-corrected chi connectivity index (χ3v) is 8.97. The van der Waals surface area contributed by atoms with Crippen LogP contribution in [0.25, 0.3) is 5.82 Å². The molecule has 48 heavy (non-hydrogen) atoms. The normalized spacial score (nSPS) is 12.5. The first-order valence-electron chi connectivity index (χ1n) is 14.0. The number of aromatic nitrogens is 3. The van der Waals surface area contributed by atoms with Crippen molar-refractivity contribution in [2.75, 3.05) is 0 Å². The van der Waals surface area contributed by atoms with E-state index >= 15 is 0 Å². The van der Waals surface area contributed by atoms with Crippen molar-refractivity contribution < 1.29 is 44.3 Å². The minimum absolute atomic E-state index is 0.00851. The molecule has 256 valence electrons. The number of alkyl halides is 6. The van der Waals surface area contributed by atoms with Crippen molar-refractivity contribution in [2.45, 2.75) is 57.4 Å². The molecule has 0 fully saturated rings. The summed E-state index contributed by atoms with van der Waals surface area (Å²) in [4.78, 5) is 29.6. The summed E-state index contributed by atoms with van der Waals surface area (Å²) in [6.07, 6.45) is -9.41. The van der Waals surface area contributed by atoms with Crippen LogP contribution in [0.3, 0.4) is 0 Å². The van der Waals surface area contributed by atoms with Crippen LogP contribution in [0.1, 0.15) is 69.1 Å². The smallest absolute Gasteiger partial charge is 0.294 e. The highest BCUT2D eigenvalue weighted by atomic mass is 35.5. The number of hydrogen-bond donors (Lipinski definition) is 1. The number of nitrogens with one attached hydrogen (secondary N) is 1. The number of Topliss-reactive ketones (excluding diaryl/α,β-unsaturated/α-hetero) is 2. The van der Waals surface area contributed by atoms with Crippen molar-refractivity contribution in [1.29, 1.82) is 0 Å². The van der Waals surface area contributed by atoms with Crippen LogP contribution in [0.4, 0.5) is 26.3 Å². The number of aryl methyl sites for hydroxylation is 1. The number of hydrogen-bond acceptors (Lipinski definition) is 6. The predicted molar refractivity (Wildman–Crippen MR) is 165 cm³/mol. The topological polar surface area (TPSA) is 111 Å². The quantitative estimate of drug-likeness (QED) is 0.123. The summed E-state index contributed by atoms with van der Waals surface area (Å²) in [5.74, 6) is -0.877. The Bertz CT molecular complexity index is 1990. The Kier molecular flexibility index (Phi) is 10.8. The SMILES string of the molecule is Cc1cc(Cl)cc(C(=O)CC(C)C)c1CC(=O)c1cc(CNS(=O)(=O)c2ccc(C(F)(F)F)cc2C(F)(F)F)nn1-c1ncccc1Cl. The van der Waals surface area contributed by atoms with Gasteiger partial charge in [-0.1, -0.05) is 37.0 Å². The fraction of sp³-hybridized carbons (Fsp3) is 0.290. The van der Waals surface area contributed by atoms with E-state index in [0.29, 0.717) is 11.1 Å². The first kappa shape index (κ1) is 37.0. The molecule has 0 spiro atoms. The summed E-state index contributed by atoms with van der Waals surface area (Å²) in [5, 5.41) is 4.54. The fourth-order valence-corrected chi connectivity index (χ4v) is 6.49. The van der Waals surface area contributed by atoms with Crippen LogP contribution >= 0.6 is 23.2 Å². The molecule has 2 aromatic heterocycles. The number of halogens is 8. The van der Waals surface area contributed by atoms with Gasteiger partial charge in [0, 0.05) is 29.6 Å². The molecule has 0 aliphatic rings. The van der Waals surface area contributed by atoms with Crippen LogP contribution in [0, 0.1) is 12.8 Å². The first-order valence-corrected chi connectivity index (χ1v) is 16.3. The third kappa shape index (κ3) is 8.43. The Morgan fingerprint density at radius 1 is 0.958 bits per heavy atom. The molecule has 0 atom stereocenters. The molecular formula is C31H26Cl2F6N4O4S. The Hall–Kier alpha value is -3.79. The van der Waals surface area contributed by atoms with Crippen LogP contribution in [-0.4, -0.2) is 34.7 Å². The van der Waals surface area contributed by atoms with E-state index < -0.39 is 50.7 Å². The summed E-state index contributed by atoms with van der Waals surface area (Å²) in [5.41, 5.74) is -2.86. The van der Waals surface area contributed by atoms with Gasteiger partial charge in [0.1, 0.15) is 5.69 Å². The van der Waals surface area contributed by atoms with Gasteiger partial charge in [-0.05, 0) is 72.5 Å². The van der Waals surface area contributed by atoms with Crippen LogP contribution < -0.4 is 4.72 Å². The van der Waals surface area contributed by atoms with Gasteiger partial charge in [0.2, 0.25) is 10.0 Å². The van der Waals surface area contributed by atoms with Gasteiger partial charge in [-0.3, -0.25) is 9.59 Å². The summed E-state index contributed by atoms with van der Waals surface area (Å²) in [7, 11) is -5.08. The standard InChI is InChI=1S/C31H26Cl2F6N4O4S/c1-16(2)9-26(44)22-12-19(32)10-17(3)21(22)14-27(45)25-13-20(42-43(25)29-24(33)5-4-8-40-29)15-41-48(46,47)28-7-6-18(30(34,35)36)11-23(28)31(37,38)39/h4-8,10-13,16,41H,9,14-15H2,1-3H3. The van der Waals surface area contributed by atoms with Crippen molar-refractivity contribution in [2.24, 2.45) is 5.92 Å². The van der Waals surface area contributed by atoms with E-state index in [0.717, 1.165) is 10.7 Å². The van der Waals surface area contributed by atoms with E-state index in [4.69, 9.17) is 23.2 Å². The maximum Gasteiger partial charge on any atom is 0.417 e. The molecule has 2 heterocycles. The van der Waals surface area contributed by atoms with Crippen LogP contribution in [0.5, 0.6) is 0 Å². The lowest BCUT2D eigenvalue weighted by Gasteiger charge is -2.16. The monoisotopic (exact) mass is 734 g/mol. The molecule has 0 aliphatic heterocycles. The predicted octanol–water partition coefficient (Wildman–Crippen LogP) is 8.05. The van der Waals surface area contributed by atoms with Gasteiger partial charge in [0.15, 0.2) is 17.4 Å². The molecule has 4 rings (SSSR count). The number of rotatable bonds is 11. The highest BCUT2D eigenvalue weighted by Gasteiger charge is 2.41. The molecule has 1 N–H and O–H groups in total. The molecule has 8 nitrogen and oxygen atoms in total. The van der Waals surface area contributed by atoms with Crippen molar-refractivity contribution >= 4 is 44.8 Å². The fourth-order valence-electron chi connectivity index (χ4n) is 4.81. The molecule has 0 unspecified atom stereocenters. The van der Waals surface area contributed by atoms with E-state index in [1.165, 1.54) is 24.4 Å². The number of nitrogens with zero attached hydrogens (tertiary/aromatic N) is 3. The van der Waals surface area contributed by atoms with E-state index in [2.05, 4.69) is 10.1 Å². The average Bonchev–Trinajstić information content (AvgIpc) is 3.40. The number of ketones is 2. The molecule has 17 heteroatoms. The van der Waals surface area contributed by atoms with E-state index in [-0.39, 0.29) is 75.6 Å². The van der Waals surface area contributed by atoms with Gasteiger partial charge in [-0.2, -0.15) is 31.4 Å². The average molecular weight is 736 g/mol. The second-order valence-electron chi connectivity index (χ2n) is 11.1. The Morgan fingerprint density at radius 3 is 2.25 bits per heavy atom. The largest absolute Gasteiger partial charge is 0.417 e. The minimum Gasteiger partial charge on any atom is -0.294 e. The molecule has 0 saturated carbocycles. The van der Waals surface area contributed by atoms with Gasteiger partial charge in [-0.25, -0.2) is 22.8 Å². The molecule has 4 aromatic rings.